The van der Waals surface area contributed by atoms with E-state index < -0.39 is 10.1 Å². The Hall–Kier alpha value is 0.870. The minimum Gasteiger partial charge on any atom is -0.748 e. The van der Waals surface area contributed by atoms with Crippen LogP contribution in [0.25, 0.3) is 0 Å². The molecule has 4 nitrogen and oxygen atoms in total. The van der Waals surface area contributed by atoms with Crippen LogP contribution in [0.3, 0.4) is 0 Å². The summed E-state index contributed by atoms with van der Waals surface area (Å²) in [5.74, 6) is -0.208. The van der Waals surface area contributed by atoms with Gasteiger partial charge in [-0.15, -0.1) is 0 Å². The fourth-order valence-electron chi connectivity index (χ4n) is 2.73. The standard InChI is InChI=1S/C17H36O4S.Na/c1-2-14-17(18)15-12-10-8-6-4-3-5-7-9-11-13-16-22(19,20)21;/h17-18H,2-16H2,1H3,(H,19,20,21);/q;+1/p-1. The molecule has 0 radical (unpaired) electrons. The number of rotatable bonds is 16. The van der Waals surface area contributed by atoms with Crippen LogP contribution in [0.2, 0.25) is 0 Å². The number of aliphatic hydroxyl groups excluding tert-OH is 1. The van der Waals surface area contributed by atoms with Crippen LogP contribution in [-0.2, 0) is 10.1 Å². The second kappa shape index (κ2) is 17.7. The van der Waals surface area contributed by atoms with E-state index in [4.69, 9.17) is 0 Å². The smallest absolute Gasteiger partial charge is 0.748 e. The predicted octanol–water partition coefficient (Wildman–Crippen LogP) is 1.38. The average molecular weight is 359 g/mol. The molecule has 134 valence electrons. The summed E-state index contributed by atoms with van der Waals surface area (Å²) in [5.41, 5.74) is 0. The van der Waals surface area contributed by atoms with Crippen molar-refractivity contribution in [3.8, 4) is 0 Å². The molecule has 0 rings (SSSR count). The molecule has 0 aliphatic carbocycles. The minimum atomic E-state index is -4.01. The van der Waals surface area contributed by atoms with E-state index in [1.807, 2.05) is 0 Å². The summed E-state index contributed by atoms with van der Waals surface area (Å²) in [4.78, 5) is 0. The number of hydrogen-bond acceptors (Lipinski definition) is 4. The minimum absolute atomic E-state index is 0. The van der Waals surface area contributed by atoms with Crippen molar-refractivity contribution in [1.82, 2.24) is 0 Å². The van der Waals surface area contributed by atoms with Crippen molar-refractivity contribution >= 4 is 10.1 Å². The van der Waals surface area contributed by atoms with E-state index in [1.54, 1.807) is 0 Å². The van der Waals surface area contributed by atoms with Crippen LogP contribution >= 0.6 is 0 Å². The quantitative estimate of drug-likeness (QED) is 0.257. The molecule has 0 aliphatic rings. The van der Waals surface area contributed by atoms with Gasteiger partial charge < -0.3 is 9.66 Å². The maximum atomic E-state index is 10.4. The number of hydrogen-bond donors (Lipinski definition) is 1. The Balaban J connectivity index is 0. The van der Waals surface area contributed by atoms with Crippen molar-refractivity contribution in [1.29, 1.82) is 0 Å². The zero-order valence-corrected chi connectivity index (χ0v) is 18.1. The van der Waals surface area contributed by atoms with Gasteiger partial charge in [-0.1, -0.05) is 77.6 Å². The van der Waals surface area contributed by atoms with Gasteiger partial charge in [0.15, 0.2) is 0 Å². The van der Waals surface area contributed by atoms with Gasteiger partial charge in [-0.2, -0.15) is 0 Å². The molecular weight excluding hydrogens is 323 g/mol. The first kappa shape index (κ1) is 26.1. The summed E-state index contributed by atoms with van der Waals surface area (Å²) in [6.07, 6.45) is 15.0. The molecule has 0 saturated heterocycles. The van der Waals surface area contributed by atoms with Crippen LogP contribution in [0.1, 0.15) is 96.8 Å². The van der Waals surface area contributed by atoms with Crippen LogP contribution in [-0.4, -0.2) is 29.9 Å². The van der Waals surface area contributed by atoms with Gasteiger partial charge in [-0.25, -0.2) is 8.42 Å². The predicted molar refractivity (Wildman–Crippen MR) is 90.9 cm³/mol. The van der Waals surface area contributed by atoms with Crippen molar-refractivity contribution in [2.24, 2.45) is 0 Å². The monoisotopic (exact) mass is 358 g/mol. The molecule has 1 atom stereocenters. The molecule has 0 aromatic carbocycles. The summed E-state index contributed by atoms with van der Waals surface area (Å²) in [5, 5.41) is 9.60. The van der Waals surface area contributed by atoms with Crippen LogP contribution < -0.4 is 29.6 Å². The van der Waals surface area contributed by atoms with E-state index in [2.05, 4.69) is 6.92 Å². The molecular formula is C17H35NaO4S. The van der Waals surface area contributed by atoms with Gasteiger partial charge >= 0.3 is 29.6 Å². The maximum Gasteiger partial charge on any atom is 1.00 e. The molecule has 6 heteroatoms. The summed E-state index contributed by atoms with van der Waals surface area (Å²) >= 11 is 0. The molecule has 0 heterocycles. The first-order valence-corrected chi connectivity index (χ1v) is 10.6. The first-order valence-electron chi connectivity index (χ1n) is 9.07. The molecule has 1 unspecified atom stereocenters. The fraction of sp³-hybridized carbons (Fsp3) is 1.00. The topological polar surface area (TPSA) is 77.4 Å². The second-order valence-electron chi connectivity index (χ2n) is 6.38. The van der Waals surface area contributed by atoms with E-state index >= 15 is 0 Å². The Morgan fingerprint density at radius 1 is 0.783 bits per heavy atom. The molecule has 23 heavy (non-hydrogen) atoms. The van der Waals surface area contributed by atoms with Crippen molar-refractivity contribution in [3.63, 3.8) is 0 Å². The van der Waals surface area contributed by atoms with Crippen molar-refractivity contribution in [2.75, 3.05) is 5.75 Å². The third kappa shape index (κ3) is 22.9. The SMILES string of the molecule is CCCC(O)CCCCCCCCCCCCCS(=O)(=O)[O-].[Na+]. The van der Waals surface area contributed by atoms with Gasteiger partial charge in [0.05, 0.1) is 16.2 Å². The van der Waals surface area contributed by atoms with Crippen LogP contribution in [0.4, 0.5) is 0 Å². The van der Waals surface area contributed by atoms with E-state index in [-0.39, 0.29) is 41.4 Å². The third-order valence-electron chi connectivity index (χ3n) is 4.05. The molecule has 0 saturated carbocycles. The van der Waals surface area contributed by atoms with Crippen molar-refractivity contribution < 1.29 is 47.6 Å². The third-order valence-corrected chi connectivity index (χ3v) is 4.84. The Kier molecular flexibility index (Phi) is 20.1. The Morgan fingerprint density at radius 2 is 1.17 bits per heavy atom. The summed E-state index contributed by atoms with van der Waals surface area (Å²) < 4.78 is 31.2. The summed E-state index contributed by atoms with van der Waals surface area (Å²) in [7, 11) is -4.01. The molecule has 0 aliphatic heterocycles. The Morgan fingerprint density at radius 3 is 1.57 bits per heavy atom. The van der Waals surface area contributed by atoms with Gasteiger partial charge in [-0.3, -0.25) is 0 Å². The van der Waals surface area contributed by atoms with Gasteiger partial charge in [0, 0.05) is 5.75 Å². The van der Waals surface area contributed by atoms with E-state index in [0.717, 1.165) is 44.9 Å². The largest absolute Gasteiger partial charge is 1.00 e. The number of unbranched alkanes of at least 4 members (excludes halogenated alkanes) is 10. The van der Waals surface area contributed by atoms with E-state index in [1.165, 1.54) is 38.5 Å². The normalized spacial score (nSPS) is 12.8. The van der Waals surface area contributed by atoms with Crippen molar-refractivity contribution in [2.45, 2.75) is 103 Å². The molecule has 0 bridgehead atoms. The molecule has 0 amide bonds. The van der Waals surface area contributed by atoms with Crippen LogP contribution in [0, 0.1) is 0 Å². The van der Waals surface area contributed by atoms with Crippen LogP contribution in [0.5, 0.6) is 0 Å². The fourth-order valence-corrected chi connectivity index (χ4v) is 3.29. The molecule has 0 fully saturated rings. The Bertz CT molecular complexity index is 333. The summed E-state index contributed by atoms with van der Waals surface area (Å²) in [6.45, 7) is 2.11. The molecule has 0 aromatic rings. The zero-order valence-electron chi connectivity index (χ0n) is 15.3. The summed E-state index contributed by atoms with van der Waals surface area (Å²) in [6, 6.07) is 0. The van der Waals surface area contributed by atoms with Crippen molar-refractivity contribution in [3.05, 3.63) is 0 Å². The molecule has 0 spiro atoms. The van der Waals surface area contributed by atoms with Crippen LogP contribution in [0.15, 0.2) is 0 Å². The van der Waals surface area contributed by atoms with Gasteiger partial charge in [0.25, 0.3) is 0 Å². The second-order valence-corrected chi connectivity index (χ2v) is 7.91. The zero-order chi connectivity index (χ0) is 16.7. The molecule has 1 N–H and O–H groups in total. The van der Waals surface area contributed by atoms with Gasteiger partial charge in [0.2, 0.25) is 0 Å². The molecule has 0 aromatic heterocycles. The van der Waals surface area contributed by atoms with E-state index in [0.29, 0.717) is 6.42 Å². The Labute approximate surface area is 165 Å². The van der Waals surface area contributed by atoms with E-state index in [9.17, 15) is 18.1 Å². The number of aliphatic hydroxyl groups is 1. The first-order chi connectivity index (χ1) is 10.5. The average Bonchev–Trinajstić information content (AvgIpc) is 2.43. The maximum absolute atomic E-state index is 10.4. The van der Waals surface area contributed by atoms with Gasteiger partial charge in [0.1, 0.15) is 0 Å². The van der Waals surface area contributed by atoms with Gasteiger partial charge in [-0.05, 0) is 19.3 Å².